The van der Waals surface area contributed by atoms with Crippen LogP contribution in [-0.4, -0.2) is 34.6 Å². The zero-order chi connectivity index (χ0) is 14.7. The molecule has 3 N–H and O–H groups in total. The summed E-state index contributed by atoms with van der Waals surface area (Å²) < 4.78 is 0. The number of hydrogen-bond donors (Lipinski definition) is 2. The van der Waals surface area contributed by atoms with Gasteiger partial charge in [-0.15, -0.1) is 0 Å². The van der Waals surface area contributed by atoms with Crippen molar-refractivity contribution < 1.29 is 9.90 Å². The number of benzene rings is 1. The smallest absolute Gasteiger partial charge is 0.224 e. The van der Waals surface area contributed by atoms with Crippen molar-refractivity contribution in [2.45, 2.75) is 37.9 Å². The lowest BCUT2D eigenvalue weighted by molar-refractivity contribution is -0.133. The summed E-state index contributed by atoms with van der Waals surface area (Å²) in [6, 6.07) is 5.14. The van der Waals surface area contributed by atoms with E-state index < -0.39 is 6.04 Å². The maximum atomic E-state index is 12.3. The molecule has 0 radical (unpaired) electrons. The molecule has 2 rings (SSSR count). The molecular weight excluding hydrogens is 299 g/mol. The normalized spacial score (nSPS) is 16.0. The molecule has 1 aliphatic rings. The molecule has 0 aliphatic heterocycles. The largest absolute Gasteiger partial charge is 0.395 e. The number of hydrogen-bond acceptors (Lipinski definition) is 3. The molecule has 110 valence electrons. The van der Waals surface area contributed by atoms with Crippen LogP contribution >= 0.6 is 23.2 Å². The molecule has 0 aromatic heterocycles. The molecule has 1 amide bonds. The lowest BCUT2D eigenvalue weighted by Crippen LogP contribution is -2.38. The minimum Gasteiger partial charge on any atom is -0.395 e. The van der Waals surface area contributed by atoms with Gasteiger partial charge in [-0.3, -0.25) is 4.79 Å². The SMILES string of the molecule is N[C@H](CO)CC(=O)N(Cc1cccc(Cl)c1Cl)C1CC1. The van der Waals surface area contributed by atoms with E-state index in [1.807, 2.05) is 12.1 Å². The summed E-state index contributed by atoms with van der Waals surface area (Å²) in [5.74, 6) is -0.0508. The Morgan fingerprint density at radius 1 is 1.45 bits per heavy atom. The van der Waals surface area contributed by atoms with E-state index in [0.29, 0.717) is 16.6 Å². The second-order valence-corrected chi connectivity index (χ2v) is 5.90. The van der Waals surface area contributed by atoms with Crippen LogP contribution in [0.3, 0.4) is 0 Å². The van der Waals surface area contributed by atoms with Crippen molar-refractivity contribution in [2.24, 2.45) is 5.73 Å². The minimum absolute atomic E-state index is 0.0508. The van der Waals surface area contributed by atoms with Gasteiger partial charge >= 0.3 is 0 Å². The average molecular weight is 317 g/mol. The van der Waals surface area contributed by atoms with Crippen LogP contribution in [0.5, 0.6) is 0 Å². The fourth-order valence-electron chi connectivity index (χ4n) is 2.07. The number of rotatable bonds is 6. The van der Waals surface area contributed by atoms with Crippen LogP contribution in [0.15, 0.2) is 18.2 Å². The van der Waals surface area contributed by atoms with Gasteiger partial charge in [0.25, 0.3) is 0 Å². The van der Waals surface area contributed by atoms with E-state index in [0.717, 1.165) is 18.4 Å². The van der Waals surface area contributed by atoms with Crippen LogP contribution in [0, 0.1) is 0 Å². The summed E-state index contributed by atoms with van der Waals surface area (Å²) in [5, 5.41) is 9.93. The fraction of sp³-hybridized carbons (Fsp3) is 0.500. The van der Waals surface area contributed by atoms with Gasteiger partial charge in [-0.05, 0) is 24.5 Å². The van der Waals surface area contributed by atoms with Gasteiger partial charge in [0.15, 0.2) is 0 Å². The van der Waals surface area contributed by atoms with Gasteiger partial charge in [0.1, 0.15) is 0 Å². The van der Waals surface area contributed by atoms with Crippen LogP contribution in [0.25, 0.3) is 0 Å². The third-order valence-electron chi connectivity index (χ3n) is 3.35. The number of carbonyl (C=O) groups is 1. The molecule has 0 spiro atoms. The Morgan fingerprint density at radius 3 is 2.75 bits per heavy atom. The molecule has 1 aliphatic carbocycles. The number of nitrogens with zero attached hydrogens (tertiary/aromatic N) is 1. The van der Waals surface area contributed by atoms with E-state index in [4.69, 9.17) is 34.0 Å². The van der Waals surface area contributed by atoms with Crippen molar-refractivity contribution in [3.8, 4) is 0 Å². The molecule has 1 aromatic carbocycles. The molecular formula is C14H18Cl2N2O2. The Bertz CT molecular complexity index is 492. The van der Waals surface area contributed by atoms with Gasteiger partial charge in [0.2, 0.25) is 5.91 Å². The summed E-state index contributed by atoms with van der Waals surface area (Å²) in [6.45, 7) is 0.239. The lowest BCUT2D eigenvalue weighted by Gasteiger charge is -2.24. The number of aliphatic hydroxyl groups is 1. The summed E-state index contributed by atoms with van der Waals surface area (Å²) in [5.41, 5.74) is 6.47. The summed E-state index contributed by atoms with van der Waals surface area (Å²) in [4.78, 5) is 14.0. The number of halogens is 2. The number of amides is 1. The first-order chi connectivity index (χ1) is 9.52. The standard InChI is InChI=1S/C14H18Cl2N2O2/c15-12-3-1-2-9(14(12)16)7-18(11-4-5-11)13(20)6-10(17)8-19/h1-3,10-11,19H,4-8,17H2/t10-/m0/s1. The predicted molar refractivity (Wildman–Crippen MR) is 79.7 cm³/mol. The monoisotopic (exact) mass is 316 g/mol. The van der Waals surface area contributed by atoms with Gasteiger partial charge in [0.05, 0.1) is 16.7 Å². The Kier molecular flexibility index (Phi) is 5.27. The van der Waals surface area contributed by atoms with E-state index >= 15 is 0 Å². The molecule has 0 heterocycles. The van der Waals surface area contributed by atoms with Crippen molar-refractivity contribution in [3.05, 3.63) is 33.8 Å². The highest BCUT2D eigenvalue weighted by Crippen LogP contribution is 2.32. The third kappa shape index (κ3) is 3.85. The van der Waals surface area contributed by atoms with E-state index in [9.17, 15) is 4.79 Å². The highest BCUT2D eigenvalue weighted by molar-refractivity contribution is 6.42. The molecule has 1 saturated carbocycles. The van der Waals surface area contributed by atoms with Crippen LogP contribution < -0.4 is 5.73 Å². The molecule has 6 heteroatoms. The molecule has 1 fully saturated rings. The van der Waals surface area contributed by atoms with Gasteiger partial charge in [-0.2, -0.15) is 0 Å². The summed E-state index contributed by atoms with van der Waals surface area (Å²) in [6.07, 6.45) is 2.14. The lowest BCUT2D eigenvalue weighted by atomic mass is 10.1. The van der Waals surface area contributed by atoms with Gasteiger partial charge < -0.3 is 15.7 Å². The minimum atomic E-state index is -0.515. The Hall–Kier alpha value is -0.810. The maximum Gasteiger partial charge on any atom is 0.224 e. The topological polar surface area (TPSA) is 66.6 Å². The molecule has 0 unspecified atom stereocenters. The van der Waals surface area contributed by atoms with Crippen LogP contribution in [-0.2, 0) is 11.3 Å². The molecule has 1 atom stereocenters. The molecule has 4 nitrogen and oxygen atoms in total. The highest BCUT2D eigenvalue weighted by atomic mass is 35.5. The number of nitrogens with two attached hydrogens (primary N) is 1. The Labute approximate surface area is 128 Å². The predicted octanol–water partition coefficient (Wildman–Crippen LogP) is 2.19. The van der Waals surface area contributed by atoms with E-state index in [1.165, 1.54) is 0 Å². The zero-order valence-corrected chi connectivity index (χ0v) is 12.6. The first kappa shape index (κ1) is 15.6. The van der Waals surface area contributed by atoms with Crippen LogP contribution in [0.2, 0.25) is 10.0 Å². The van der Waals surface area contributed by atoms with E-state index in [2.05, 4.69) is 0 Å². The Morgan fingerprint density at radius 2 is 2.15 bits per heavy atom. The quantitative estimate of drug-likeness (QED) is 0.845. The third-order valence-corrected chi connectivity index (χ3v) is 4.21. The summed E-state index contributed by atoms with van der Waals surface area (Å²) in [7, 11) is 0. The van der Waals surface area contributed by atoms with Crippen molar-refractivity contribution >= 4 is 29.1 Å². The van der Waals surface area contributed by atoms with Gasteiger partial charge in [-0.1, -0.05) is 35.3 Å². The van der Waals surface area contributed by atoms with Crippen molar-refractivity contribution in [1.29, 1.82) is 0 Å². The van der Waals surface area contributed by atoms with Gasteiger partial charge in [-0.25, -0.2) is 0 Å². The van der Waals surface area contributed by atoms with Gasteiger partial charge in [0, 0.05) is 25.0 Å². The van der Waals surface area contributed by atoms with Crippen LogP contribution in [0.4, 0.5) is 0 Å². The fourth-order valence-corrected chi connectivity index (χ4v) is 2.45. The van der Waals surface area contributed by atoms with Crippen LogP contribution in [0.1, 0.15) is 24.8 Å². The molecule has 20 heavy (non-hydrogen) atoms. The number of aliphatic hydroxyl groups excluding tert-OH is 1. The van der Waals surface area contributed by atoms with Crippen molar-refractivity contribution in [2.75, 3.05) is 6.61 Å². The second kappa shape index (κ2) is 6.76. The zero-order valence-electron chi connectivity index (χ0n) is 11.1. The average Bonchev–Trinajstić information content (AvgIpc) is 3.24. The molecule has 0 saturated heterocycles. The first-order valence-electron chi connectivity index (χ1n) is 6.61. The number of carbonyl (C=O) groups excluding carboxylic acids is 1. The van der Waals surface area contributed by atoms with Crippen molar-refractivity contribution in [3.63, 3.8) is 0 Å². The molecule has 0 bridgehead atoms. The maximum absolute atomic E-state index is 12.3. The van der Waals surface area contributed by atoms with Crippen molar-refractivity contribution in [1.82, 2.24) is 4.90 Å². The Balaban J connectivity index is 2.10. The first-order valence-corrected chi connectivity index (χ1v) is 7.37. The second-order valence-electron chi connectivity index (χ2n) is 5.11. The molecule has 1 aromatic rings. The summed E-state index contributed by atoms with van der Waals surface area (Å²) >= 11 is 12.2. The van der Waals surface area contributed by atoms with E-state index in [-0.39, 0.29) is 25.0 Å². The van der Waals surface area contributed by atoms with E-state index in [1.54, 1.807) is 11.0 Å². The highest BCUT2D eigenvalue weighted by Gasteiger charge is 2.33.